The van der Waals surface area contributed by atoms with Crippen molar-refractivity contribution in [3.63, 3.8) is 0 Å². The third-order valence-corrected chi connectivity index (χ3v) is 4.35. The van der Waals surface area contributed by atoms with Gasteiger partial charge in [-0.15, -0.1) is 5.10 Å². The first-order valence-corrected chi connectivity index (χ1v) is 8.74. The van der Waals surface area contributed by atoms with Crippen molar-refractivity contribution in [1.82, 2.24) is 14.8 Å². The van der Waals surface area contributed by atoms with Gasteiger partial charge >= 0.3 is 0 Å². The molecule has 0 fully saturated rings. The smallest absolute Gasteiger partial charge is 0.248 e. The van der Waals surface area contributed by atoms with Crippen LogP contribution in [0.3, 0.4) is 0 Å². The van der Waals surface area contributed by atoms with Crippen molar-refractivity contribution in [2.24, 2.45) is 0 Å². The predicted molar refractivity (Wildman–Crippen MR) is 107 cm³/mol. The molecule has 0 saturated carbocycles. The second-order valence-corrected chi connectivity index (χ2v) is 6.79. The second-order valence-electron chi connectivity index (χ2n) is 5.54. The molecular formula is C17H14Cl2FN5S. The lowest BCUT2D eigenvalue weighted by Gasteiger charge is -2.11. The maximum atomic E-state index is 13.1. The van der Waals surface area contributed by atoms with Crippen molar-refractivity contribution in [2.45, 2.75) is 13.5 Å². The van der Waals surface area contributed by atoms with E-state index in [1.54, 1.807) is 16.8 Å². The van der Waals surface area contributed by atoms with Gasteiger partial charge in [0.05, 0.1) is 6.54 Å². The summed E-state index contributed by atoms with van der Waals surface area (Å²) in [5, 5.41) is 11.5. The molecule has 26 heavy (non-hydrogen) atoms. The second kappa shape index (κ2) is 7.99. The third kappa shape index (κ3) is 4.69. The van der Waals surface area contributed by atoms with Crippen LogP contribution in [0.5, 0.6) is 0 Å². The summed E-state index contributed by atoms with van der Waals surface area (Å²) >= 11 is 17.3. The van der Waals surface area contributed by atoms with Crippen molar-refractivity contribution in [3.05, 3.63) is 69.7 Å². The number of aryl methyl sites for hydroxylation is 1. The van der Waals surface area contributed by atoms with Crippen LogP contribution in [0.2, 0.25) is 10.0 Å². The standard InChI is InChI=1S/C17H14Cl2FN5S/c1-10-2-4-12(18)6-15(10)22-17(26)23-16-21-9-25(24-16)8-11-3-5-13(20)7-14(11)19/h2-7,9H,8H2,1H3,(H2,22,23,24,26). The summed E-state index contributed by atoms with van der Waals surface area (Å²) in [6, 6.07) is 9.71. The molecule has 0 unspecified atom stereocenters. The van der Waals surface area contributed by atoms with Gasteiger partial charge in [0, 0.05) is 15.7 Å². The molecule has 0 aliphatic carbocycles. The van der Waals surface area contributed by atoms with Gasteiger partial charge in [-0.2, -0.15) is 0 Å². The van der Waals surface area contributed by atoms with Gasteiger partial charge in [0.25, 0.3) is 0 Å². The van der Waals surface area contributed by atoms with Gasteiger partial charge in [0.2, 0.25) is 5.95 Å². The highest BCUT2D eigenvalue weighted by Gasteiger charge is 2.08. The molecular weight excluding hydrogens is 396 g/mol. The minimum atomic E-state index is -0.382. The number of thiocarbonyl (C=S) groups is 1. The van der Waals surface area contributed by atoms with Crippen LogP contribution in [0.15, 0.2) is 42.7 Å². The Kier molecular flexibility index (Phi) is 5.70. The van der Waals surface area contributed by atoms with Crippen molar-refractivity contribution >= 4 is 52.2 Å². The van der Waals surface area contributed by atoms with E-state index in [0.717, 1.165) is 16.8 Å². The van der Waals surface area contributed by atoms with Crippen LogP contribution in [-0.2, 0) is 6.54 Å². The first-order valence-electron chi connectivity index (χ1n) is 7.58. The third-order valence-electron chi connectivity index (χ3n) is 3.56. The van der Waals surface area contributed by atoms with Crippen molar-refractivity contribution < 1.29 is 4.39 Å². The zero-order valence-corrected chi connectivity index (χ0v) is 16.0. The maximum absolute atomic E-state index is 13.1. The lowest BCUT2D eigenvalue weighted by atomic mass is 10.2. The molecule has 0 radical (unpaired) electrons. The molecule has 0 amide bonds. The maximum Gasteiger partial charge on any atom is 0.248 e. The first kappa shape index (κ1) is 18.6. The average Bonchev–Trinajstić information content (AvgIpc) is 3.00. The summed E-state index contributed by atoms with van der Waals surface area (Å²) < 4.78 is 14.7. The van der Waals surface area contributed by atoms with E-state index in [4.69, 9.17) is 35.4 Å². The van der Waals surface area contributed by atoms with Crippen LogP contribution in [0.25, 0.3) is 0 Å². The van der Waals surface area contributed by atoms with Gasteiger partial charge in [0.15, 0.2) is 5.11 Å². The molecule has 2 N–H and O–H groups in total. The van der Waals surface area contributed by atoms with E-state index in [-0.39, 0.29) is 5.82 Å². The van der Waals surface area contributed by atoms with Crippen molar-refractivity contribution in [1.29, 1.82) is 0 Å². The van der Waals surface area contributed by atoms with E-state index >= 15 is 0 Å². The number of hydrogen-bond donors (Lipinski definition) is 2. The molecule has 0 aliphatic heterocycles. The lowest BCUT2D eigenvalue weighted by molar-refractivity contribution is 0.624. The Hall–Kier alpha value is -2.22. The minimum absolute atomic E-state index is 0.334. The van der Waals surface area contributed by atoms with E-state index in [1.165, 1.54) is 18.5 Å². The van der Waals surface area contributed by atoms with E-state index < -0.39 is 0 Å². The lowest BCUT2D eigenvalue weighted by Crippen LogP contribution is -2.20. The highest BCUT2D eigenvalue weighted by Crippen LogP contribution is 2.20. The Morgan fingerprint density at radius 1 is 1.19 bits per heavy atom. The van der Waals surface area contributed by atoms with E-state index in [1.807, 2.05) is 19.1 Å². The molecule has 5 nitrogen and oxygen atoms in total. The Labute approximate surface area is 165 Å². The highest BCUT2D eigenvalue weighted by atomic mass is 35.5. The quantitative estimate of drug-likeness (QED) is 0.600. The predicted octanol–water partition coefficient (Wildman–Crippen LogP) is 4.89. The summed E-state index contributed by atoms with van der Waals surface area (Å²) in [7, 11) is 0. The first-order chi connectivity index (χ1) is 12.4. The Morgan fingerprint density at radius 2 is 2.00 bits per heavy atom. The highest BCUT2D eigenvalue weighted by molar-refractivity contribution is 7.80. The van der Waals surface area contributed by atoms with Crippen molar-refractivity contribution in [3.8, 4) is 0 Å². The molecule has 1 heterocycles. The van der Waals surface area contributed by atoms with E-state index in [9.17, 15) is 4.39 Å². The van der Waals surface area contributed by atoms with Gasteiger partial charge in [0.1, 0.15) is 12.1 Å². The average molecular weight is 410 g/mol. The van der Waals surface area contributed by atoms with Crippen LogP contribution >= 0.6 is 35.4 Å². The van der Waals surface area contributed by atoms with Gasteiger partial charge < -0.3 is 5.32 Å². The minimum Gasteiger partial charge on any atom is -0.332 e. The monoisotopic (exact) mass is 409 g/mol. The number of aromatic nitrogens is 3. The fourth-order valence-electron chi connectivity index (χ4n) is 2.24. The summed E-state index contributed by atoms with van der Waals surface area (Å²) in [4.78, 5) is 4.15. The number of anilines is 2. The van der Waals surface area contributed by atoms with Crippen LogP contribution in [0.4, 0.5) is 16.0 Å². The molecule has 2 aromatic carbocycles. The van der Waals surface area contributed by atoms with Crippen LogP contribution in [-0.4, -0.2) is 19.9 Å². The van der Waals surface area contributed by atoms with Gasteiger partial charge in [-0.1, -0.05) is 35.3 Å². The number of nitrogens with zero attached hydrogens (tertiary/aromatic N) is 3. The number of halogens is 3. The molecule has 0 aliphatic rings. The molecule has 0 saturated heterocycles. The van der Waals surface area contributed by atoms with Gasteiger partial charge in [-0.05, 0) is 54.5 Å². The van der Waals surface area contributed by atoms with E-state index in [0.29, 0.717) is 27.7 Å². The summed E-state index contributed by atoms with van der Waals surface area (Å²) in [6.07, 6.45) is 1.54. The number of benzene rings is 2. The fourth-order valence-corrected chi connectivity index (χ4v) is 2.84. The summed E-state index contributed by atoms with van der Waals surface area (Å²) in [5.74, 6) is -0.0483. The molecule has 3 aromatic rings. The number of hydrogen-bond acceptors (Lipinski definition) is 3. The van der Waals surface area contributed by atoms with E-state index in [2.05, 4.69) is 20.7 Å². The van der Waals surface area contributed by atoms with Crippen LogP contribution in [0, 0.1) is 12.7 Å². The molecule has 1 aromatic heterocycles. The molecule has 0 spiro atoms. The molecule has 134 valence electrons. The van der Waals surface area contributed by atoms with Gasteiger partial charge in [-0.25, -0.2) is 14.1 Å². The van der Waals surface area contributed by atoms with Gasteiger partial charge in [-0.3, -0.25) is 5.32 Å². The van der Waals surface area contributed by atoms with Crippen molar-refractivity contribution in [2.75, 3.05) is 10.6 Å². The topological polar surface area (TPSA) is 54.8 Å². The molecule has 3 rings (SSSR count). The summed E-state index contributed by atoms with van der Waals surface area (Å²) in [6.45, 7) is 2.31. The SMILES string of the molecule is Cc1ccc(Cl)cc1NC(=S)Nc1ncn(Cc2ccc(F)cc2Cl)n1. The molecule has 9 heteroatoms. The number of nitrogens with one attached hydrogen (secondary N) is 2. The number of rotatable bonds is 4. The van der Waals surface area contributed by atoms with Crippen LogP contribution < -0.4 is 10.6 Å². The Bertz CT molecular complexity index is 960. The Morgan fingerprint density at radius 3 is 2.77 bits per heavy atom. The largest absolute Gasteiger partial charge is 0.332 e. The summed E-state index contributed by atoms with van der Waals surface area (Å²) in [5.41, 5.74) is 2.54. The van der Waals surface area contributed by atoms with Crippen LogP contribution in [0.1, 0.15) is 11.1 Å². The molecule has 0 bridgehead atoms. The fraction of sp³-hybridized carbons (Fsp3) is 0.118. The Balaban J connectivity index is 1.64. The molecule has 0 atom stereocenters. The zero-order valence-electron chi connectivity index (χ0n) is 13.6. The zero-order chi connectivity index (χ0) is 18.7. The normalized spacial score (nSPS) is 10.6.